The maximum atomic E-state index is 12.3. The van der Waals surface area contributed by atoms with Crippen LogP contribution in [-0.4, -0.2) is 47.4 Å². The Bertz CT molecular complexity index is 622. The molecule has 0 atom stereocenters. The number of ether oxygens (including phenoxy) is 1. The number of sulfonamides is 1. The van der Waals surface area contributed by atoms with Crippen molar-refractivity contribution in [1.82, 2.24) is 5.32 Å². The first-order valence-electron chi connectivity index (χ1n) is 8.19. The minimum Gasteiger partial charge on any atom is -0.385 e. The Hall–Kier alpha value is -1.60. The molecule has 1 N–H and O–H groups in total. The monoisotopic (exact) mass is 356 g/mol. The highest BCUT2D eigenvalue weighted by molar-refractivity contribution is 7.92. The fourth-order valence-electron chi connectivity index (χ4n) is 2.53. The number of hydrogen-bond donors (Lipinski definition) is 1. The Kier molecular flexibility index (Phi) is 8.21. The average Bonchev–Trinajstić information content (AvgIpc) is 2.55. The third-order valence-corrected chi connectivity index (χ3v) is 4.86. The first kappa shape index (κ1) is 20.4. The van der Waals surface area contributed by atoms with Crippen molar-refractivity contribution >= 4 is 21.6 Å². The summed E-state index contributed by atoms with van der Waals surface area (Å²) in [6.45, 7) is 4.75. The van der Waals surface area contributed by atoms with Gasteiger partial charge in [-0.15, -0.1) is 0 Å². The number of aryl methyl sites for hydroxylation is 2. The van der Waals surface area contributed by atoms with E-state index in [0.717, 1.165) is 17.4 Å². The molecular weight excluding hydrogens is 328 g/mol. The van der Waals surface area contributed by atoms with Gasteiger partial charge in [-0.05, 0) is 30.4 Å². The van der Waals surface area contributed by atoms with E-state index in [9.17, 15) is 13.2 Å². The second-order valence-electron chi connectivity index (χ2n) is 5.60. The minimum absolute atomic E-state index is 0.212. The molecule has 0 aliphatic heterocycles. The van der Waals surface area contributed by atoms with Crippen molar-refractivity contribution in [2.45, 2.75) is 33.1 Å². The van der Waals surface area contributed by atoms with Crippen LogP contribution in [-0.2, 0) is 32.4 Å². The number of hydrogen-bond acceptors (Lipinski definition) is 4. The highest BCUT2D eigenvalue weighted by Crippen LogP contribution is 2.28. The van der Waals surface area contributed by atoms with Gasteiger partial charge in [-0.2, -0.15) is 0 Å². The van der Waals surface area contributed by atoms with Crippen LogP contribution in [0.4, 0.5) is 5.69 Å². The fraction of sp³-hybridized carbons (Fsp3) is 0.588. The number of anilines is 1. The first-order chi connectivity index (χ1) is 11.3. The van der Waals surface area contributed by atoms with Crippen LogP contribution in [0.1, 0.15) is 31.4 Å². The zero-order valence-electron chi connectivity index (χ0n) is 15.0. The Morgan fingerprint density at radius 3 is 2.25 bits per heavy atom. The summed E-state index contributed by atoms with van der Waals surface area (Å²) in [5, 5.41) is 2.74. The number of amides is 1. The van der Waals surface area contributed by atoms with Crippen LogP contribution in [0.15, 0.2) is 18.2 Å². The molecule has 1 aromatic rings. The van der Waals surface area contributed by atoms with Gasteiger partial charge in [-0.25, -0.2) is 8.42 Å². The molecule has 0 aromatic heterocycles. The number of benzene rings is 1. The van der Waals surface area contributed by atoms with Crippen molar-refractivity contribution < 1.29 is 17.9 Å². The van der Waals surface area contributed by atoms with Crippen molar-refractivity contribution in [2.75, 3.05) is 37.4 Å². The smallest absolute Gasteiger partial charge is 0.240 e. The van der Waals surface area contributed by atoms with E-state index < -0.39 is 10.0 Å². The summed E-state index contributed by atoms with van der Waals surface area (Å²) in [4.78, 5) is 12.2. The summed E-state index contributed by atoms with van der Waals surface area (Å²) in [6.07, 6.45) is 3.22. The molecule has 0 radical (unpaired) electrons. The zero-order chi connectivity index (χ0) is 18.2. The van der Waals surface area contributed by atoms with Crippen LogP contribution in [0.3, 0.4) is 0 Å². The van der Waals surface area contributed by atoms with E-state index >= 15 is 0 Å². The van der Waals surface area contributed by atoms with Gasteiger partial charge < -0.3 is 10.1 Å². The van der Waals surface area contributed by atoms with Crippen LogP contribution in [0, 0.1) is 0 Å². The molecule has 1 rings (SSSR count). The number of nitrogens with zero attached hydrogens (tertiary/aromatic N) is 1. The molecule has 0 bridgehead atoms. The lowest BCUT2D eigenvalue weighted by Crippen LogP contribution is -2.41. The molecule has 0 saturated carbocycles. The standard InChI is InChI=1S/C17H28N2O4S/c1-5-14-9-7-10-15(6-2)17(14)19(24(4,21)22)13-16(20)18-11-8-12-23-3/h7,9-10H,5-6,8,11-13H2,1-4H3,(H,18,20). The second kappa shape index (κ2) is 9.64. The van der Waals surface area contributed by atoms with Crippen LogP contribution < -0.4 is 9.62 Å². The molecule has 0 spiro atoms. The van der Waals surface area contributed by atoms with Gasteiger partial charge in [0.1, 0.15) is 6.54 Å². The quantitative estimate of drug-likeness (QED) is 0.648. The molecule has 1 amide bonds. The van der Waals surface area contributed by atoms with Crippen molar-refractivity contribution in [2.24, 2.45) is 0 Å². The first-order valence-corrected chi connectivity index (χ1v) is 10.0. The molecule has 136 valence electrons. The van der Waals surface area contributed by atoms with Gasteiger partial charge in [0.2, 0.25) is 15.9 Å². The minimum atomic E-state index is -3.57. The fourth-order valence-corrected chi connectivity index (χ4v) is 3.45. The maximum absolute atomic E-state index is 12.3. The Balaban J connectivity index is 3.06. The van der Waals surface area contributed by atoms with Crippen LogP contribution in [0.25, 0.3) is 0 Å². The van der Waals surface area contributed by atoms with Gasteiger partial charge in [0, 0.05) is 20.3 Å². The van der Waals surface area contributed by atoms with Crippen molar-refractivity contribution in [3.05, 3.63) is 29.3 Å². The highest BCUT2D eigenvalue weighted by atomic mass is 32.2. The molecule has 7 heteroatoms. The zero-order valence-corrected chi connectivity index (χ0v) is 15.8. The van der Waals surface area contributed by atoms with E-state index in [2.05, 4.69) is 5.32 Å². The lowest BCUT2D eigenvalue weighted by Gasteiger charge is -2.26. The van der Waals surface area contributed by atoms with Crippen LogP contribution >= 0.6 is 0 Å². The predicted molar refractivity (Wildman–Crippen MR) is 96.9 cm³/mol. The van der Waals surface area contributed by atoms with E-state index in [1.54, 1.807) is 7.11 Å². The number of carbonyl (C=O) groups is 1. The number of nitrogens with one attached hydrogen (secondary N) is 1. The summed E-state index contributed by atoms with van der Waals surface area (Å²) in [6, 6.07) is 5.73. The van der Waals surface area contributed by atoms with Crippen molar-refractivity contribution in [3.8, 4) is 0 Å². The Morgan fingerprint density at radius 1 is 1.21 bits per heavy atom. The van der Waals surface area contributed by atoms with E-state index in [-0.39, 0.29) is 12.5 Å². The average molecular weight is 356 g/mol. The third-order valence-electron chi connectivity index (χ3n) is 3.75. The van der Waals surface area contributed by atoms with Gasteiger partial charge in [-0.1, -0.05) is 32.0 Å². The third kappa shape index (κ3) is 5.79. The number of methoxy groups -OCH3 is 1. The van der Waals surface area contributed by atoms with Crippen molar-refractivity contribution in [3.63, 3.8) is 0 Å². The topological polar surface area (TPSA) is 75.7 Å². The molecule has 0 aliphatic rings. The molecule has 1 aromatic carbocycles. The molecule has 0 unspecified atom stereocenters. The summed E-state index contributed by atoms with van der Waals surface area (Å²) in [5.41, 5.74) is 2.48. The molecule has 0 saturated heterocycles. The summed E-state index contributed by atoms with van der Waals surface area (Å²) in [5.74, 6) is -0.315. The van der Waals surface area contributed by atoms with Crippen LogP contribution in [0.5, 0.6) is 0 Å². The molecule has 0 fully saturated rings. The van der Waals surface area contributed by atoms with E-state index in [1.807, 2.05) is 32.0 Å². The van der Waals surface area contributed by atoms with E-state index in [1.165, 1.54) is 4.31 Å². The van der Waals surface area contributed by atoms with Gasteiger partial charge >= 0.3 is 0 Å². The lowest BCUT2D eigenvalue weighted by atomic mass is 10.0. The van der Waals surface area contributed by atoms with E-state index in [4.69, 9.17) is 4.74 Å². The van der Waals surface area contributed by atoms with Gasteiger partial charge in [0.05, 0.1) is 11.9 Å². The predicted octanol–water partition coefficient (Wildman–Crippen LogP) is 1.73. The maximum Gasteiger partial charge on any atom is 0.240 e. The van der Waals surface area contributed by atoms with Gasteiger partial charge in [-0.3, -0.25) is 9.10 Å². The Morgan fingerprint density at radius 2 is 1.79 bits per heavy atom. The molecule has 0 heterocycles. The normalized spacial score (nSPS) is 11.3. The highest BCUT2D eigenvalue weighted by Gasteiger charge is 2.24. The Labute approximate surface area is 145 Å². The summed E-state index contributed by atoms with van der Waals surface area (Å²) in [7, 11) is -1.97. The van der Waals surface area contributed by atoms with E-state index in [0.29, 0.717) is 38.1 Å². The molecule has 0 aliphatic carbocycles. The van der Waals surface area contributed by atoms with Crippen LogP contribution in [0.2, 0.25) is 0 Å². The van der Waals surface area contributed by atoms with Crippen molar-refractivity contribution in [1.29, 1.82) is 0 Å². The van der Waals surface area contributed by atoms with Gasteiger partial charge in [0.25, 0.3) is 0 Å². The number of para-hydroxylation sites is 1. The largest absolute Gasteiger partial charge is 0.385 e. The second-order valence-corrected chi connectivity index (χ2v) is 7.50. The lowest BCUT2D eigenvalue weighted by molar-refractivity contribution is -0.119. The molecule has 6 nitrogen and oxygen atoms in total. The number of carbonyl (C=O) groups excluding carboxylic acids is 1. The molecular formula is C17H28N2O4S. The van der Waals surface area contributed by atoms with Gasteiger partial charge in [0.15, 0.2) is 0 Å². The summed E-state index contributed by atoms with van der Waals surface area (Å²) >= 11 is 0. The summed E-state index contributed by atoms with van der Waals surface area (Å²) < 4.78 is 30.8. The SMILES string of the molecule is CCc1cccc(CC)c1N(CC(=O)NCCCOC)S(C)(=O)=O. The number of rotatable bonds is 10. The molecule has 24 heavy (non-hydrogen) atoms.